The molecule has 1 fully saturated rings. The summed E-state index contributed by atoms with van der Waals surface area (Å²) >= 11 is 0. The van der Waals surface area contributed by atoms with Gasteiger partial charge in [-0.3, -0.25) is 4.79 Å². The third kappa shape index (κ3) is 3.84. The van der Waals surface area contributed by atoms with E-state index in [1.807, 2.05) is 24.3 Å². The van der Waals surface area contributed by atoms with E-state index in [0.29, 0.717) is 18.3 Å². The largest absolute Gasteiger partial charge is 0.497 e. The van der Waals surface area contributed by atoms with E-state index in [-0.39, 0.29) is 0 Å². The molecule has 1 aromatic rings. The first kappa shape index (κ1) is 13.1. The predicted molar refractivity (Wildman–Crippen MR) is 69.6 cm³/mol. The molecule has 0 amide bonds. The molecule has 0 radical (unpaired) electrons. The molecule has 0 bridgehead atoms. The van der Waals surface area contributed by atoms with E-state index in [9.17, 15) is 4.79 Å². The summed E-state index contributed by atoms with van der Waals surface area (Å²) in [4.78, 5) is 11.1. The van der Waals surface area contributed by atoms with Gasteiger partial charge in [-0.1, -0.05) is 12.1 Å². The Balaban J connectivity index is 1.69. The fraction of sp³-hybridized carbons (Fsp3) is 0.533. The standard InChI is InChI=1S/C15H20O3/c1-17-15-8-4-13(5-9-15)11-18-10-12-2-6-14(16)7-3-12/h4-5,8-9,12H,2-3,6-7,10-11H2,1H3. The zero-order valence-electron chi connectivity index (χ0n) is 10.9. The van der Waals surface area contributed by atoms with Gasteiger partial charge in [0, 0.05) is 19.4 Å². The number of ketones is 1. The fourth-order valence-electron chi connectivity index (χ4n) is 2.23. The zero-order chi connectivity index (χ0) is 12.8. The molecule has 1 saturated carbocycles. The SMILES string of the molecule is COc1ccc(COCC2CCC(=O)CC2)cc1. The molecule has 0 aromatic heterocycles. The third-order valence-electron chi connectivity index (χ3n) is 3.44. The van der Waals surface area contributed by atoms with E-state index in [1.54, 1.807) is 7.11 Å². The van der Waals surface area contributed by atoms with Crippen molar-refractivity contribution in [1.29, 1.82) is 0 Å². The summed E-state index contributed by atoms with van der Waals surface area (Å²) in [7, 11) is 1.66. The van der Waals surface area contributed by atoms with Crippen LogP contribution in [0.4, 0.5) is 0 Å². The van der Waals surface area contributed by atoms with E-state index >= 15 is 0 Å². The van der Waals surface area contributed by atoms with Crippen molar-refractivity contribution in [3.8, 4) is 5.75 Å². The molecule has 0 aliphatic heterocycles. The number of Topliss-reactive ketones (excluding diaryl/α,β-unsaturated/α-hetero) is 1. The molecule has 0 heterocycles. The van der Waals surface area contributed by atoms with Crippen LogP contribution in [0, 0.1) is 5.92 Å². The maximum atomic E-state index is 11.1. The lowest BCUT2D eigenvalue weighted by atomic mass is 9.89. The molecule has 0 atom stereocenters. The van der Waals surface area contributed by atoms with Crippen molar-refractivity contribution in [2.45, 2.75) is 32.3 Å². The van der Waals surface area contributed by atoms with Crippen molar-refractivity contribution in [1.82, 2.24) is 0 Å². The topological polar surface area (TPSA) is 35.5 Å². The lowest BCUT2D eigenvalue weighted by molar-refractivity contribution is -0.121. The maximum absolute atomic E-state index is 11.1. The van der Waals surface area contributed by atoms with Gasteiger partial charge in [0.15, 0.2) is 0 Å². The number of rotatable bonds is 5. The van der Waals surface area contributed by atoms with Crippen LogP contribution in [0.25, 0.3) is 0 Å². The molecule has 0 spiro atoms. The van der Waals surface area contributed by atoms with Gasteiger partial charge in [-0.25, -0.2) is 0 Å². The van der Waals surface area contributed by atoms with Crippen LogP contribution in [0.5, 0.6) is 5.75 Å². The normalized spacial score (nSPS) is 16.8. The second kappa shape index (κ2) is 6.55. The van der Waals surface area contributed by atoms with E-state index in [4.69, 9.17) is 9.47 Å². The van der Waals surface area contributed by atoms with Gasteiger partial charge in [0.25, 0.3) is 0 Å². The number of carbonyl (C=O) groups excluding carboxylic acids is 1. The lowest BCUT2D eigenvalue weighted by Crippen LogP contribution is -2.18. The Labute approximate surface area is 108 Å². The Hall–Kier alpha value is -1.35. The molecule has 3 heteroatoms. The molecule has 18 heavy (non-hydrogen) atoms. The van der Waals surface area contributed by atoms with E-state index < -0.39 is 0 Å². The highest BCUT2D eigenvalue weighted by molar-refractivity contribution is 5.79. The molecular weight excluding hydrogens is 228 g/mol. The molecule has 1 aromatic carbocycles. The van der Waals surface area contributed by atoms with Crippen LogP contribution < -0.4 is 4.74 Å². The predicted octanol–water partition coefficient (Wildman–Crippen LogP) is 2.97. The van der Waals surface area contributed by atoms with Crippen molar-refractivity contribution in [3.05, 3.63) is 29.8 Å². The summed E-state index contributed by atoms with van der Waals surface area (Å²) in [5.41, 5.74) is 1.16. The molecule has 0 unspecified atom stereocenters. The Kier molecular flexibility index (Phi) is 4.76. The van der Waals surface area contributed by atoms with E-state index in [0.717, 1.165) is 43.6 Å². The van der Waals surface area contributed by atoms with Gasteiger partial charge in [-0.05, 0) is 36.5 Å². The van der Waals surface area contributed by atoms with Crippen LogP contribution in [0.1, 0.15) is 31.2 Å². The van der Waals surface area contributed by atoms with Crippen molar-refractivity contribution >= 4 is 5.78 Å². The molecule has 1 aliphatic rings. The van der Waals surface area contributed by atoms with Gasteiger partial charge in [-0.15, -0.1) is 0 Å². The Bertz CT molecular complexity index is 373. The van der Waals surface area contributed by atoms with Crippen LogP contribution in [-0.4, -0.2) is 19.5 Å². The first-order valence-corrected chi connectivity index (χ1v) is 6.50. The molecule has 0 N–H and O–H groups in total. The smallest absolute Gasteiger partial charge is 0.132 e. The highest BCUT2D eigenvalue weighted by atomic mass is 16.5. The molecular formula is C15H20O3. The maximum Gasteiger partial charge on any atom is 0.132 e. The second-order valence-corrected chi connectivity index (χ2v) is 4.85. The lowest BCUT2D eigenvalue weighted by Gasteiger charge is -2.20. The van der Waals surface area contributed by atoms with Crippen LogP contribution >= 0.6 is 0 Å². The molecule has 3 nitrogen and oxygen atoms in total. The van der Waals surface area contributed by atoms with Crippen LogP contribution in [0.2, 0.25) is 0 Å². The highest BCUT2D eigenvalue weighted by Crippen LogP contribution is 2.22. The van der Waals surface area contributed by atoms with Crippen LogP contribution in [0.3, 0.4) is 0 Å². The molecule has 98 valence electrons. The third-order valence-corrected chi connectivity index (χ3v) is 3.44. The molecule has 1 aliphatic carbocycles. The fourth-order valence-corrected chi connectivity index (χ4v) is 2.23. The van der Waals surface area contributed by atoms with Gasteiger partial charge in [-0.2, -0.15) is 0 Å². The van der Waals surface area contributed by atoms with Crippen molar-refractivity contribution in [3.63, 3.8) is 0 Å². The summed E-state index contributed by atoms with van der Waals surface area (Å²) in [6.07, 6.45) is 3.44. The summed E-state index contributed by atoms with van der Waals surface area (Å²) in [6.45, 7) is 1.40. The van der Waals surface area contributed by atoms with Gasteiger partial charge in [0.05, 0.1) is 13.7 Å². The Morgan fingerprint density at radius 1 is 1.17 bits per heavy atom. The minimum atomic E-state index is 0.404. The summed E-state index contributed by atoms with van der Waals surface area (Å²) in [6, 6.07) is 7.92. The quantitative estimate of drug-likeness (QED) is 0.803. The monoisotopic (exact) mass is 248 g/mol. The van der Waals surface area contributed by atoms with E-state index in [2.05, 4.69) is 0 Å². The Morgan fingerprint density at radius 2 is 1.83 bits per heavy atom. The number of carbonyl (C=O) groups is 1. The van der Waals surface area contributed by atoms with Crippen LogP contribution in [-0.2, 0) is 16.1 Å². The first-order valence-electron chi connectivity index (χ1n) is 6.50. The Morgan fingerprint density at radius 3 is 2.44 bits per heavy atom. The highest BCUT2D eigenvalue weighted by Gasteiger charge is 2.18. The van der Waals surface area contributed by atoms with E-state index in [1.165, 1.54) is 0 Å². The molecule has 2 rings (SSSR count). The van der Waals surface area contributed by atoms with Crippen molar-refractivity contribution < 1.29 is 14.3 Å². The van der Waals surface area contributed by atoms with Gasteiger partial charge in [0.1, 0.15) is 11.5 Å². The average molecular weight is 248 g/mol. The van der Waals surface area contributed by atoms with Gasteiger partial charge >= 0.3 is 0 Å². The van der Waals surface area contributed by atoms with Crippen molar-refractivity contribution in [2.24, 2.45) is 5.92 Å². The van der Waals surface area contributed by atoms with Crippen LogP contribution in [0.15, 0.2) is 24.3 Å². The molecule has 0 saturated heterocycles. The minimum absolute atomic E-state index is 0.404. The number of ether oxygens (including phenoxy) is 2. The van der Waals surface area contributed by atoms with Gasteiger partial charge in [0.2, 0.25) is 0 Å². The minimum Gasteiger partial charge on any atom is -0.497 e. The number of hydrogen-bond acceptors (Lipinski definition) is 3. The number of hydrogen-bond donors (Lipinski definition) is 0. The number of benzene rings is 1. The average Bonchev–Trinajstić information content (AvgIpc) is 2.42. The van der Waals surface area contributed by atoms with Crippen molar-refractivity contribution in [2.75, 3.05) is 13.7 Å². The van der Waals surface area contributed by atoms with Gasteiger partial charge < -0.3 is 9.47 Å². The summed E-state index contributed by atoms with van der Waals surface area (Å²) in [5, 5.41) is 0. The first-order chi connectivity index (χ1) is 8.78. The number of methoxy groups -OCH3 is 1. The summed E-state index contributed by atoms with van der Waals surface area (Å²) < 4.78 is 10.8. The second-order valence-electron chi connectivity index (χ2n) is 4.85. The zero-order valence-corrected chi connectivity index (χ0v) is 10.9. The summed E-state index contributed by atoms with van der Waals surface area (Å²) in [5.74, 6) is 1.83.